The molecule has 0 bridgehead atoms. The molecule has 1 aromatic heterocycles. The van der Waals surface area contributed by atoms with Crippen LogP contribution in [0.3, 0.4) is 0 Å². The van der Waals surface area contributed by atoms with Gasteiger partial charge in [-0.3, -0.25) is 9.78 Å². The van der Waals surface area contributed by atoms with Crippen molar-refractivity contribution in [2.24, 2.45) is 17.6 Å². The van der Waals surface area contributed by atoms with E-state index in [2.05, 4.69) is 4.98 Å². The number of nitrogens with two attached hydrogens (primary N) is 1. The lowest BCUT2D eigenvalue weighted by Gasteiger charge is -2.29. The molecule has 1 aliphatic heterocycles. The first-order chi connectivity index (χ1) is 8.75. The van der Waals surface area contributed by atoms with E-state index in [0.29, 0.717) is 17.4 Å². The Morgan fingerprint density at radius 1 is 1.39 bits per heavy atom. The SMILES string of the molecule is NC1CCCC2CN(C(=O)c3cccnc3)CC12. The van der Waals surface area contributed by atoms with Crippen molar-refractivity contribution in [1.29, 1.82) is 0 Å². The molecule has 1 aromatic rings. The highest BCUT2D eigenvalue weighted by Gasteiger charge is 2.40. The number of rotatable bonds is 1. The lowest BCUT2D eigenvalue weighted by molar-refractivity contribution is 0.0783. The summed E-state index contributed by atoms with van der Waals surface area (Å²) in [6.07, 6.45) is 6.86. The van der Waals surface area contributed by atoms with Crippen LogP contribution in [0.15, 0.2) is 24.5 Å². The van der Waals surface area contributed by atoms with Crippen molar-refractivity contribution in [3.8, 4) is 0 Å². The molecule has 0 spiro atoms. The molecule has 1 aliphatic carbocycles. The minimum absolute atomic E-state index is 0.102. The van der Waals surface area contributed by atoms with Crippen LogP contribution in [0.25, 0.3) is 0 Å². The summed E-state index contributed by atoms with van der Waals surface area (Å²) in [5, 5.41) is 0. The summed E-state index contributed by atoms with van der Waals surface area (Å²) < 4.78 is 0. The first kappa shape index (κ1) is 11.7. The molecule has 0 radical (unpaired) electrons. The number of fused-ring (bicyclic) bond motifs is 1. The number of likely N-dealkylation sites (tertiary alicyclic amines) is 1. The highest BCUT2D eigenvalue weighted by Crippen LogP contribution is 2.35. The fraction of sp³-hybridized carbons (Fsp3) is 0.571. The van der Waals surface area contributed by atoms with E-state index in [1.165, 1.54) is 12.8 Å². The molecule has 2 fully saturated rings. The highest BCUT2D eigenvalue weighted by atomic mass is 16.2. The van der Waals surface area contributed by atoms with Crippen LogP contribution in [0.4, 0.5) is 0 Å². The second-order valence-electron chi connectivity index (χ2n) is 5.47. The Morgan fingerprint density at radius 3 is 3.00 bits per heavy atom. The van der Waals surface area contributed by atoms with Crippen molar-refractivity contribution < 1.29 is 4.79 Å². The van der Waals surface area contributed by atoms with Gasteiger partial charge in [0.15, 0.2) is 0 Å². The Balaban J connectivity index is 1.74. The van der Waals surface area contributed by atoms with E-state index in [-0.39, 0.29) is 11.9 Å². The number of hydrogen-bond donors (Lipinski definition) is 1. The molecular formula is C14H19N3O. The van der Waals surface area contributed by atoms with Crippen LogP contribution in [0, 0.1) is 11.8 Å². The van der Waals surface area contributed by atoms with Gasteiger partial charge in [-0.25, -0.2) is 0 Å². The van der Waals surface area contributed by atoms with E-state index in [1.807, 2.05) is 17.0 Å². The van der Waals surface area contributed by atoms with Crippen molar-refractivity contribution in [1.82, 2.24) is 9.88 Å². The van der Waals surface area contributed by atoms with E-state index in [0.717, 1.165) is 19.5 Å². The minimum Gasteiger partial charge on any atom is -0.338 e. The maximum Gasteiger partial charge on any atom is 0.255 e. The molecule has 2 aliphatic rings. The normalized spacial score (nSPS) is 31.2. The number of nitrogens with zero attached hydrogens (tertiary/aromatic N) is 2. The van der Waals surface area contributed by atoms with E-state index in [4.69, 9.17) is 5.73 Å². The van der Waals surface area contributed by atoms with Gasteiger partial charge in [0.25, 0.3) is 5.91 Å². The number of pyridine rings is 1. The maximum absolute atomic E-state index is 12.3. The van der Waals surface area contributed by atoms with Crippen LogP contribution in [-0.4, -0.2) is 34.9 Å². The van der Waals surface area contributed by atoms with E-state index in [1.54, 1.807) is 12.4 Å². The zero-order valence-corrected chi connectivity index (χ0v) is 10.5. The molecule has 18 heavy (non-hydrogen) atoms. The average Bonchev–Trinajstić information content (AvgIpc) is 2.84. The fourth-order valence-corrected chi connectivity index (χ4v) is 3.35. The quantitative estimate of drug-likeness (QED) is 0.811. The van der Waals surface area contributed by atoms with Gasteiger partial charge in [-0.1, -0.05) is 6.42 Å². The largest absolute Gasteiger partial charge is 0.338 e. The van der Waals surface area contributed by atoms with Gasteiger partial charge >= 0.3 is 0 Å². The Hall–Kier alpha value is -1.42. The first-order valence-corrected chi connectivity index (χ1v) is 6.70. The van der Waals surface area contributed by atoms with Crippen LogP contribution in [0.5, 0.6) is 0 Å². The van der Waals surface area contributed by atoms with Crippen LogP contribution in [-0.2, 0) is 0 Å². The second-order valence-corrected chi connectivity index (χ2v) is 5.47. The molecule has 3 rings (SSSR count). The van der Waals surface area contributed by atoms with Crippen molar-refractivity contribution in [3.63, 3.8) is 0 Å². The summed E-state index contributed by atoms with van der Waals surface area (Å²) in [6.45, 7) is 1.69. The smallest absolute Gasteiger partial charge is 0.255 e. The van der Waals surface area contributed by atoms with Gasteiger partial charge in [-0.2, -0.15) is 0 Å². The van der Waals surface area contributed by atoms with Crippen molar-refractivity contribution in [3.05, 3.63) is 30.1 Å². The Labute approximate surface area is 107 Å². The van der Waals surface area contributed by atoms with Crippen LogP contribution in [0.1, 0.15) is 29.6 Å². The van der Waals surface area contributed by atoms with Crippen LogP contribution >= 0.6 is 0 Å². The van der Waals surface area contributed by atoms with Gasteiger partial charge in [0, 0.05) is 31.5 Å². The van der Waals surface area contributed by atoms with Crippen molar-refractivity contribution in [2.45, 2.75) is 25.3 Å². The lowest BCUT2D eigenvalue weighted by Crippen LogP contribution is -2.38. The summed E-state index contributed by atoms with van der Waals surface area (Å²) in [5.41, 5.74) is 6.86. The monoisotopic (exact) mass is 245 g/mol. The summed E-state index contributed by atoms with van der Waals surface area (Å²) in [5.74, 6) is 1.21. The standard InChI is InChI=1S/C14H19N3O/c15-13-5-1-3-11-8-17(9-12(11)13)14(18)10-4-2-6-16-7-10/h2,4,6-7,11-13H,1,3,5,8-9,15H2. The highest BCUT2D eigenvalue weighted by molar-refractivity contribution is 5.94. The van der Waals surface area contributed by atoms with Crippen LogP contribution < -0.4 is 5.73 Å². The maximum atomic E-state index is 12.3. The molecule has 3 atom stereocenters. The van der Waals surface area contributed by atoms with Gasteiger partial charge in [0.05, 0.1) is 5.56 Å². The predicted octanol–water partition coefficient (Wildman–Crippen LogP) is 1.28. The zero-order chi connectivity index (χ0) is 12.5. The third-order valence-corrected chi connectivity index (χ3v) is 4.35. The summed E-state index contributed by atoms with van der Waals surface area (Å²) >= 11 is 0. The molecule has 1 saturated carbocycles. The molecule has 1 saturated heterocycles. The molecule has 2 heterocycles. The van der Waals surface area contributed by atoms with Crippen LogP contribution in [0.2, 0.25) is 0 Å². The van der Waals surface area contributed by atoms with Gasteiger partial charge in [0.2, 0.25) is 0 Å². The third kappa shape index (κ3) is 2.01. The van der Waals surface area contributed by atoms with Gasteiger partial charge in [0.1, 0.15) is 0 Å². The molecule has 2 N–H and O–H groups in total. The van der Waals surface area contributed by atoms with E-state index in [9.17, 15) is 4.79 Å². The Bertz CT molecular complexity index is 434. The van der Waals surface area contributed by atoms with Gasteiger partial charge in [-0.15, -0.1) is 0 Å². The first-order valence-electron chi connectivity index (χ1n) is 6.70. The third-order valence-electron chi connectivity index (χ3n) is 4.35. The van der Waals surface area contributed by atoms with E-state index < -0.39 is 0 Å². The van der Waals surface area contributed by atoms with Gasteiger partial charge < -0.3 is 10.6 Å². The predicted molar refractivity (Wildman–Crippen MR) is 68.9 cm³/mol. The topological polar surface area (TPSA) is 59.2 Å². The Kier molecular flexibility index (Phi) is 3.04. The average molecular weight is 245 g/mol. The molecule has 4 heteroatoms. The Morgan fingerprint density at radius 2 is 2.28 bits per heavy atom. The molecule has 96 valence electrons. The molecule has 0 aromatic carbocycles. The second kappa shape index (κ2) is 4.69. The summed E-state index contributed by atoms with van der Waals surface area (Å²) in [4.78, 5) is 18.3. The zero-order valence-electron chi connectivity index (χ0n) is 10.5. The fourth-order valence-electron chi connectivity index (χ4n) is 3.35. The lowest BCUT2D eigenvalue weighted by atomic mass is 9.78. The van der Waals surface area contributed by atoms with Gasteiger partial charge in [-0.05, 0) is 36.8 Å². The number of carbonyl (C=O) groups excluding carboxylic acids is 1. The summed E-state index contributed by atoms with van der Waals surface area (Å²) in [7, 11) is 0. The number of amides is 1. The molecule has 3 unspecified atom stereocenters. The minimum atomic E-state index is 0.102. The summed E-state index contributed by atoms with van der Waals surface area (Å²) in [6, 6.07) is 3.91. The van der Waals surface area contributed by atoms with E-state index >= 15 is 0 Å². The molecule has 4 nitrogen and oxygen atoms in total. The molecule has 1 amide bonds. The molecular weight excluding hydrogens is 226 g/mol. The van der Waals surface area contributed by atoms with Crippen molar-refractivity contribution in [2.75, 3.05) is 13.1 Å². The number of aromatic nitrogens is 1. The number of hydrogen-bond acceptors (Lipinski definition) is 3. The number of carbonyl (C=O) groups is 1. The van der Waals surface area contributed by atoms with Crippen molar-refractivity contribution >= 4 is 5.91 Å².